The van der Waals surface area contributed by atoms with Crippen LogP contribution in [-0.2, 0) is 14.3 Å². The van der Waals surface area contributed by atoms with Crippen LogP contribution in [0, 0.1) is 6.92 Å². The Morgan fingerprint density at radius 2 is 1.28 bits per heavy atom. The van der Waals surface area contributed by atoms with Gasteiger partial charge in [-0.25, -0.2) is 14.4 Å². The van der Waals surface area contributed by atoms with E-state index in [1.54, 1.807) is 73.7 Å². The fraction of sp³-hybridized carbons (Fsp3) is 0.242. The van der Waals surface area contributed by atoms with E-state index in [0.29, 0.717) is 72.4 Å². The van der Waals surface area contributed by atoms with Crippen molar-refractivity contribution >= 4 is 17.9 Å². The third-order valence-electron chi connectivity index (χ3n) is 5.76. The first-order valence-electron chi connectivity index (χ1n) is 13.5. The van der Waals surface area contributed by atoms with E-state index < -0.39 is 24.2 Å². The maximum absolute atomic E-state index is 12.6. The van der Waals surface area contributed by atoms with Crippen LogP contribution in [0.15, 0.2) is 92.0 Å². The Bertz CT molecular complexity index is 1380. The van der Waals surface area contributed by atoms with E-state index in [2.05, 4.69) is 13.2 Å². The lowest BCUT2D eigenvalue weighted by atomic mass is 10.2. The third-order valence-corrected chi connectivity index (χ3v) is 5.76. The molecule has 3 aromatic carbocycles. The van der Waals surface area contributed by atoms with Crippen LogP contribution < -0.4 is 18.9 Å². The molecular weight excluding hydrogens is 556 g/mol. The number of hydrogen-bond donors (Lipinski definition) is 1. The molecule has 10 heteroatoms. The molecular formula is C33H34O10. The molecule has 0 aliphatic heterocycles. The van der Waals surface area contributed by atoms with Gasteiger partial charge in [0.05, 0.1) is 37.6 Å². The van der Waals surface area contributed by atoms with E-state index in [1.807, 2.05) is 0 Å². The molecule has 0 saturated heterocycles. The first kappa shape index (κ1) is 32.6. The summed E-state index contributed by atoms with van der Waals surface area (Å²) < 4.78 is 32.1. The zero-order valence-electron chi connectivity index (χ0n) is 23.9. The van der Waals surface area contributed by atoms with E-state index in [9.17, 15) is 19.5 Å². The standard InChI is InChI=1S/C33H34O10/c1-4-30(34)40-20-6-18-38-26-12-8-24(9-13-26)32(36)42-28-16-17-29(23(3)22-28)43-33(37)25-10-14-27(15-11-25)39-19-7-21-41-31(35)5-2/h4-5,8-17,22,30,34H,1-2,6-7,18-21H2,3H3. The van der Waals surface area contributed by atoms with Gasteiger partial charge in [0.1, 0.15) is 23.0 Å². The van der Waals surface area contributed by atoms with Crippen LogP contribution in [0.1, 0.15) is 39.1 Å². The molecule has 0 aliphatic carbocycles. The molecule has 0 amide bonds. The number of aryl methyl sites for hydroxylation is 1. The van der Waals surface area contributed by atoms with Gasteiger partial charge in [0.25, 0.3) is 0 Å². The Morgan fingerprint density at radius 1 is 0.744 bits per heavy atom. The summed E-state index contributed by atoms with van der Waals surface area (Å²) in [5.74, 6) is 0.165. The van der Waals surface area contributed by atoms with Crippen molar-refractivity contribution < 1.29 is 47.9 Å². The lowest BCUT2D eigenvalue weighted by Crippen LogP contribution is -2.11. The molecule has 3 aromatic rings. The molecule has 1 N–H and O–H groups in total. The van der Waals surface area contributed by atoms with Gasteiger partial charge in [0.15, 0.2) is 6.29 Å². The van der Waals surface area contributed by atoms with Crippen LogP contribution >= 0.6 is 0 Å². The summed E-state index contributed by atoms with van der Waals surface area (Å²) in [7, 11) is 0. The van der Waals surface area contributed by atoms with Crippen LogP contribution in [0.3, 0.4) is 0 Å². The molecule has 226 valence electrons. The lowest BCUT2D eigenvalue weighted by molar-refractivity contribution is -0.137. The summed E-state index contributed by atoms with van der Waals surface area (Å²) in [6.45, 7) is 9.74. The van der Waals surface area contributed by atoms with Crippen molar-refractivity contribution in [1.82, 2.24) is 0 Å². The molecule has 0 aliphatic rings. The SMILES string of the molecule is C=CC(=O)OCCCOc1ccc(C(=O)Oc2ccc(OC(=O)c3ccc(OCCCOC(O)C=C)cc3)cc2C)cc1. The summed E-state index contributed by atoms with van der Waals surface area (Å²) in [6.07, 6.45) is 2.48. The quantitative estimate of drug-likeness (QED) is 0.0558. The molecule has 0 heterocycles. The Hall–Kier alpha value is -4.93. The van der Waals surface area contributed by atoms with Crippen molar-refractivity contribution in [3.8, 4) is 23.0 Å². The van der Waals surface area contributed by atoms with Crippen LogP contribution in [-0.4, -0.2) is 55.7 Å². The van der Waals surface area contributed by atoms with Crippen molar-refractivity contribution in [2.45, 2.75) is 26.1 Å². The number of carbonyl (C=O) groups excluding carboxylic acids is 3. The minimum Gasteiger partial charge on any atom is -0.494 e. The molecule has 1 atom stereocenters. The summed E-state index contributed by atoms with van der Waals surface area (Å²) >= 11 is 0. The molecule has 0 radical (unpaired) electrons. The smallest absolute Gasteiger partial charge is 0.343 e. The Morgan fingerprint density at radius 3 is 1.81 bits per heavy atom. The van der Waals surface area contributed by atoms with E-state index in [-0.39, 0.29) is 6.61 Å². The monoisotopic (exact) mass is 590 g/mol. The largest absolute Gasteiger partial charge is 0.494 e. The van der Waals surface area contributed by atoms with Crippen LogP contribution in [0.25, 0.3) is 0 Å². The maximum Gasteiger partial charge on any atom is 0.343 e. The highest BCUT2D eigenvalue weighted by molar-refractivity contribution is 5.92. The molecule has 0 fully saturated rings. The average molecular weight is 591 g/mol. The lowest BCUT2D eigenvalue weighted by Gasteiger charge is -2.11. The van der Waals surface area contributed by atoms with Crippen molar-refractivity contribution in [2.75, 3.05) is 26.4 Å². The number of esters is 3. The van der Waals surface area contributed by atoms with Gasteiger partial charge in [0, 0.05) is 18.9 Å². The average Bonchev–Trinajstić information content (AvgIpc) is 3.02. The number of benzene rings is 3. The zero-order chi connectivity index (χ0) is 31.0. The van der Waals surface area contributed by atoms with Gasteiger partial charge in [0.2, 0.25) is 0 Å². The molecule has 0 aromatic heterocycles. The fourth-order valence-electron chi connectivity index (χ4n) is 3.50. The van der Waals surface area contributed by atoms with Crippen molar-refractivity contribution in [3.63, 3.8) is 0 Å². The van der Waals surface area contributed by atoms with E-state index >= 15 is 0 Å². The van der Waals surface area contributed by atoms with Crippen LogP contribution in [0.2, 0.25) is 0 Å². The van der Waals surface area contributed by atoms with Gasteiger partial charge in [-0.15, -0.1) is 0 Å². The minimum atomic E-state index is -0.994. The van der Waals surface area contributed by atoms with E-state index in [0.717, 1.165) is 6.08 Å². The molecule has 0 saturated carbocycles. The summed E-state index contributed by atoms with van der Waals surface area (Å²) in [4.78, 5) is 36.3. The van der Waals surface area contributed by atoms with Crippen LogP contribution in [0.4, 0.5) is 0 Å². The highest BCUT2D eigenvalue weighted by Crippen LogP contribution is 2.26. The normalized spacial score (nSPS) is 11.1. The second-order valence-corrected chi connectivity index (χ2v) is 9.03. The number of carbonyl (C=O) groups is 3. The predicted molar refractivity (Wildman–Crippen MR) is 158 cm³/mol. The molecule has 3 rings (SSSR count). The summed E-state index contributed by atoms with van der Waals surface area (Å²) in [6, 6.07) is 17.7. The number of aliphatic hydroxyl groups is 1. The first-order chi connectivity index (χ1) is 20.8. The van der Waals surface area contributed by atoms with E-state index in [1.165, 1.54) is 6.08 Å². The number of rotatable bonds is 17. The van der Waals surface area contributed by atoms with Crippen molar-refractivity contribution in [1.29, 1.82) is 0 Å². The topological polar surface area (TPSA) is 127 Å². The third kappa shape index (κ3) is 11.1. The van der Waals surface area contributed by atoms with Gasteiger partial charge in [-0.05, 0) is 85.3 Å². The highest BCUT2D eigenvalue weighted by atomic mass is 16.6. The number of hydrogen-bond acceptors (Lipinski definition) is 10. The molecule has 0 spiro atoms. The van der Waals surface area contributed by atoms with Gasteiger partial charge >= 0.3 is 17.9 Å². The Kier molecular flexibility index (Phi) is 13.0. The molecule has 0 bridgehead atoms. The van der Waals surface area contributed by atoms with Gasteiger partial charge in [-0.1, -0.05) is 13.2 Å². The first-order valence-corrected chi connectivity index (χ1v) is 13.5. The minimum absolute atomic E-state index is 0.220. The zero-order valence-corrected chi connectivity index (χ0v) is 23.9. The van der Waals surface area contributed by atoms with Crippen molar-refractivity contribution in [2.24, 2.45) is 0 Å². The highest BCUT2D eigenvalue weighted by Gasteiger charge is 2.14. The molecule has 43 heavy (non-hydrogen) atoms. The summed E-state index contributed by atoms with van der Waals surface area (Å²) in [5, 5.41) is 9.26. The second kappa shape index (κ2) is 17.1. The van der Waals surface area contributed by atoms with Gasteiger partial charge in [-0.2, -0.15) is 0 Å². The molecule has 1 unspecified atom stereocenters. The van der Waals surface area contributed by atoms with Crippen molar-refractivity contribution in [3.05, 3.63) is 109 Å². The number of aliphatic hydroxyl groups excluding tert-OH is 1. The maximum atomic E-state index is 12.6. The summed E-state index contributed by atoms with van der Waals surface area (Å²) in [5.41, 5.74) is 1.26. The van der Waals surface area contributed by atoms with Gasteiger partial charge < -0.3 is 33.5 Å². The second-order valence-electron chi connectivity index (χ2n) is 9.03. The fourth-order valence-corrected chi connectivity index (χ4v) is 3.50. The predicted octanol–water partition coefficient (Wildman–Crippen LogP) is 5.22. The Balaban J connectivity index is 1.45. The molecule has 10 nitrogen and oxygen atoms in total. The van der Waals surface area contributed by atoms with Crippen LogP contribution in [0.5, 0.6) is 23.0 Å². The Labute approximate surface area is 250 Å². The van der Waals surface area contributed by atoms with E-state index in [4.69, 9.17) is 28.4 Å². The number of ether oxygens (including phenoxy) is 6. The van der Waals surface area contributed by atoms with Gasteiger partial charge in [-0.3, -0.25) is 0 Å².